The van der Waals surface area contributed by atoms with Crippen molar-refractivity contribution < 1.29 is 14.4 Å². The van der Waals surface area contributed by atoms with Crippen LogP contribution in [-0.2, 0) is 22.7 Å². The number of likely N-dealkylation sites (tertiary alicyclic amines) is 1. The Morgan fingerprint density at radius 2 is 2.00 bits per heavy atom. The number of rotatable bonds is 3. The van der Waals surface area contributed by atoms with Gasteiger partial charge in [0.25, 0.3) is 5.91 Å². The summed E-state index contributed by atoms with van der Waals surface area (Å²) in [6.45, 7) is 2.81. The van der Waals surface area contributed by atoms with Gasteiger partial charge >= 0.3 is 0 Å². The Balaban J connectivity index is 1.56. The number of imide groups is 1. The largest absolute Gasteiger partial charge is 0.325 e. The number of carbonyl (C=O) groups is 3. The maximum atomic E-state index is 12.9. The molecule has 0 aliphatic carbocycles. The molecule has 7 heteroatoms. The van der Waals surface area contributed by atoms with E-state index in [0.717, 1.165) is 24.2 Å². The van der Waals surface area contributed by atoms with Gasteiger partial charge in [0.05, 0.1) is 0 Å². The fraction of sp³-hybridized carbons (Fsp3) is 0.471. The number of nitrogens with zero attached hydrogens (tertiary/aromatic N) is 2. The number of nitrogens with one attached hydrogen (secondary N) is 1. The summed E-state index contributed by atoms with van der Waals surface area (Å²) in [4.78, 5) is 40.1. The average Bonchev–Trinajstić information content (AvgIpc) is 2.84. The molecule has 1 unspecified atom stereocenters. The molecule has 0 radical (unpaired) electrons. The van der Waals surface area contributed by atoms with Crippen molar-refractivity contribution in [1.29, 1.82) is 0 Å². The smallest absolute Gasteiger partial charge is 0.255 e. The average molecular weight is 328 g/mol. The number of fused-ring (bicyclic) bond motifs is 1. The predicted octanol–water partition coefficient (Wildman–Crippen LogP) is -0.409. The van der Waals surface area contributed by atoms with Crippen LogP contribution in [0.2, 0.25) is 0 Å². The van der Waals surface area contributed by atoms with Crippen LogP contribution in [0.3, 0.4) is 0 Å². The molecule has 4 rings (SSSR count). The van der Waals surface area contributed by atoms with Gasteiger partial charge in [-0.15, -0.1) is 0 Å². The molecule has 0 aromatic heterocycles. The third-order valence-corrected chi connectivity index (χ3v) is 5.02. The minimum Gasteiger partial charge on any atom is -0.325 e. The monoisotopic (exact) mass is 328 g/mol. The molecule has 0 saturated carbocycles. The van der Waals surface area contributed by atoms with E-state index in [1.54, 1.807) is 4.90 Å². The number of carbonyl (C=O) groups excluding carboxylic acids is 3. The molecule has 3 aliphatic rings. The van der Waals surface area contributed by atoms with Crippen molar-refractivity contribution in [2.24, 2.45) is 5.73 Å². The van der Waals surface area contributed by atoms with Gasteiger partial charge in [0.2, 0.25) is 11.8 Å². The van der Waals surface area contributed by atoms with Crippen LogP contribution in [0.5, 0.6) is 0 Å². The third kappa shape index (κ3) is 2.50. The Hall–Kier alpha value is -2.25. The van der Waals surface area contributed by atoms with Crippen molar-refractivity contribution in [2.45, 2.75) is 38.0 Å². The highest BCUT2D eigenvalue weighted by molar-refractivity contribution is 6.05. The normalized spacial score (nSPS) is 24.8. The maximum Gasteiger partial charge on any atom is 0.255 e. The van der Waals surface area contributed by atoms with Crippen molar-refractivity contribution >= 4 is 17.7 Å². The topological polar surface area (TPSA) is 95.7 Å². The van der Waals surface area contributed by atoms with Crippen molar-refractivity contribution in [2.75, 3.05) is 13.1 Å². The van der Waals surface area contributed by atoms with Crippen LogP contribution in [0.4, 0.5) is 0 Å². The number of benzene rings is 1. The van der Waals surface area contributed by atoms with Gasteiger partial charge in [0, 0.05) is 44.2 Å². The number of nitrogens with two attached hydrogens (primary N) is 1. The van der Waals surface area contributed by atoms with E-state index >= 15 is 0 Å². The Morgan fingerprint density at radius 3 is 2.71 bits per heavy atom. The number of hydrogen-bond acceptors (Lipinski definition) is 5. The van der Waals surface area contributed by atoms with Crippen LogP contribution in [0.25, 0.3) is 0 Å². The first-order valence-corrected chi connectivity index (χ1v) is 8.26. The van der Waals surface area contributed by atoms with Gasteiger partial charge in [-0.3, -0.25) is 24.6 Å². The van der Waals surface area contributed by atoms with E-state index in [4.69, 9.17) is 5.73 Å². The van der Waals surface area contributed by atoms with E-state index in [0.29, 0.717) is 25.1 Å². The Bertz CT molecular complexity index is 727. The molecule has 7 nitrogen and oxygen atoms in total. The zero-order valence-corrected chi connectivity index (χ0v) is 13.3. The van der Waals surface area contributed by atoms with Crippen LogP contribution < -0.4 is 11.1 Å². The quantitative estimate of drug-likeness (QED) is 0.736. The molecule has 24 heavy (non-hydrogen) atoms. The van der Waals surface area contributed by atoms with E-state index in [-0.39, 0.29) is 30.2 Å². The molecular formula is C17H20N4O3. The summed E-state index contributed by atoms with van der Waals surface area (Å²) in [5.41, 5.74) is 8.47. The first-order chi connectivity index (χ1) is 11.5. The molecule has 1 atom stereocenters. The van der Waals surface area contributed by atoms with E-state index in [2.05, 4.69) is 10.2 Å². The van der Waals surface area contributed by atoms with Crippen LogP contribution in [0.1, 0.15) is 34.3 Å². The summed E-state index contributed by atoms with van der Waals surface area (Å²) in [7, 11) is 0. The highest BCUT2D eigenvalue weighted by atomic mass is 16.2. The molecule has 3 N–H and O–H groups in total. The molecule has 3 aliphatic heterocycles. The lowest BCUT2D eigenvalue weighted by Crippen LogP contribution is -2.55. The van der Waals surface area contributed by atoms with Gasteiger partial charge in [-0.25, -0.2) is 0 Å². The van der Waals surface area contributed by atoms with Gasteiger partial charge in [-0.2, -0.15) is 0 Å². The van der Waals surface area contributed by atoms with Gasteiger partial charge in [0.15, 0.2) is 0 Å². The molecule has 2 fully saturated rings. The molecular weight excluding hydrogens is 308 g/mol. The van der Waals surface area contributed by atoms with Crippen molar-refractivity contribution in [3.8, 4) is 0 Å². The fourth-order valence-electron chi connectivity index (χ4n) is 3.80. The van der Waals surface area contributed by atoms with Crippen LogP contribution >= 0.6 is 0 Å². The van der Waals surface area contributed by atoms with Crippen molar-refractivity contribution in [1.82, 2.24) is 15.1 Å². The Morgan fingerprint density at radius 1 is 1.21 bits per heavy atom. The van der Waals surface area contributed by atoms with Crippen LogP contribution in [0, 0.1) is 0 Å². The molecule has 2 saturated heterocycles. The van der Waals surface area contributed by atoms with Gasteiger partial charge in [-0.05, 0) is 17.5 Å². The number of piperidine rings is 1. The summed E-state index contributed by atoms with van der Waals surface area (Å²) in [6.07, 6.45) is 0.662. The van der Waals surface area contributed by atoms with E-state index in [9.17, 15) is 14.4 Å². The molecule has 0 spiro atoms. The second-order valence-electron chi connectivity index (χ2n) is 6.81. The molecule has 0 bridgehead atoms. The number of hydrogen-bond donors (Lipinski definition) is 2. The zero-order chi connectivity index (χ0) is 16.8. The van der Waals surface area contributed by atoms with Crippen LogP contribution in [0.15, 0.2) is 18.2 Å². The van der Waals surface area contributed by atoms with E-state index in [1.165, 1.54) is 0 Å². The van der Waals surface area contributed by atoms with Crippen molar-refractivity contribution in [3.63, 3.8) is 0 Å². The minimum absolute atomic E-state index is 0.111. The van der Waals surface area contributed by atoms with Gasteiger partial charge in [-0.1, -0.05) is 18.2 Å². The predicted molar refractivity (Wildman–Crippen MR) is 85.7 cm³/mol. The summed E-state index contributed by atoms with van der Waals surface area (Å²) < 4.78 is 0. The van der Waals surface area contributed by atoms with Crippen molar-refractivity contribution in [3.05, 3.63) is 34.9 Å². The van der Waals surface area contributed by atoms with E-state index < -0.39 is 6.04 Å². The molecule has 3 heterocycles. The number of amides is 3. The Kier molecular flexibility index (Phi) is 3.62. The Labute approximate surface area is 139 Å². The summed E-state index contributed by atoms with van der Waals surface area (Å²) >= 11 is 0. The lowest BCUT2D eigenvalue weighted by molar-refractivity contribution is -0.136. The van der Waals surface area contributed by atoms with E-state index in [1.807, 2.05) is 18.2 Å². The minimum atomic E-state index is -0.562. The lowest BCUT2D eigenvalue weighted by atomic mass is 10.0. The SMILES string of the molecule is NC1CN(Cc2cccc3c2C(=O)N(C2CCC(=O)NC2=O)C3)C1. The third-order valence-electron chi connectivity index (χ3n) is 5.02. The second-order valence-corrected chi connectivity index (χ2v) is 6.81. The highest BCUT2D eigenvalue weighted by Gasteiger charge is 2.40. The van der Waals surface area contributed by atoms with Gasteiger partial charge < -0.3 is 10.6 Å². The summed E-state index contributed by atoms with van der Waals surface area (Å²) in [5, 5.41) is 2.33. The molecule has 3 amide bonds. The highest BCUT2D eigenvalue weighted by Crippen LogP contribution is 2.30. The zero-order valence-electron chi connectivity index (χ0n) is 13.3. The van der Waals surface area contributed by atoms with Crippen LogP contribution in [-0.4, -0.2) is 52.7 Å². The standard InChI is InChI=1S/C17H20N4O3/c18-12-8-20(9-12)6-10-2-1-3-11-7-21(17(24)15(10)11)13-4-5-14(22)19-16(13)23/h1-3,12-13H,4-9,18H2,(H,19,22,23). The lowest BCUT2D eigenvalue weighted by Gasteiger charge is -2.37. The summed E-state index contributed by atoms with van der Waals surface area (Å²) in [6, 6.07) is 5.51. The summed E-state index contributed by atoms with van der Waals surface area (Å²) in [5.74, 6) is -0.752. The molecule has 1 aromatic rings. The molecule has 1 aromatic carbocycles. The fourth-order valence-corrected chi connectivity index (χ4v) is 3.80. The van der Waals surface area contributed by atoms with Gasteiger partial charge in [0.1, 0.15) is 6.04 Å². The maximum absolute atomic E-state index is 12.9. The first kappa shape index (κ1) is 15.3. The molecule has 126 valence electrons. The first-order valence-electron chi connectivity index (χ1n) is 8.26. The second kappa shape index (κ2) is 5.68.